The minimum atomic E-state index is 0.189. The Morgan fingerprint density at radius 1 is 1.25 bits per heavy atom. The molecule has 6 nitrogen and oxygen atoms in total. The maximum atomic E-state index is 5.96. The molecule has 3 rings (SSSR count). The predicted molar refractivity (Wildman–Crippen MR) is 77.4 cm³/mol. The average Bonchev–Trinajstić information content (AvgIpc) is 3.29. The lowest BCUT2D eigenvalue weighted by atomic mass is 10.0. The lowest BCUT2D eigenvalue weighted by molar-refractivity contribution is 0.374. The normalized spacial score (nSPS) is 22.6. The van der Waals surface area contributed by atoms with E-state index in [9.17, 15) is 0 Å². The van der Waals surface area contributed by atoms with Crippen molar-refractivity contribution in [3.8, 4) is 6.01 Å². The summed E-state index contributed by atoms with van der Waals surface area (Å²) in [6.07, 6.45) is 6.15. The van der Waals surface area contributed by atoms with Gasteiger partial charge in [0.1, 0.15) is 0 Å². The molecular formula is C13H20ClN5O. The molecule has 2 aliphatic rings. The Labute approximate surface area is 123 Å². The monoisotopic (exact) mass is 297 g/mol. The molecule has 1 atom stereocenters. The van der Waals surface area contributed by atoms with Gasteiger partial charge in [-0.05, 0) is 43.8 Å². The van der Waals surface area contributed by atoms with Crippen molar-refractivity contribution < 1.29 is 4.74 Å². The van der Waals surface area contributed by atoms with Crippen molar-refractivity contribution in [2.45, 2.75) is 44.2 Å². The SMILES string of the molecule is COc1nc(Cl)nc(N(CC2CCCCN2)C2CC2)n1. The van der Waals surface area contributed by atoms with Gasteiger partial charge in [-0.3, -0.25) is 0 Å². The molecule has 0 bridgehead atoms. The largest absolute Gasteiger partial charge is 0.467 e. The van der Waals surface area contributed by atoms with E-state index in [2.05, 4.69) is 25.2 Å². The number of methoxy groups -OCH3 is 1. The summed E-state index contributed by atoms with van der Waals surface area (Å²) in [5, 5.41) is 3.76. The van der Waals surface area contributed by atoms with Crippen LogP contribution in [0.5, 0.6) is 6.01 Å². The third-order valence-electron chi connectivity index (χ3n) is 3.83. The fourth-order valence-corrected chi connectivity index (χ4v) is 2.79. The number of piperidine rings is 1. The van der Waals surface area contributed by atoms with Gasteiger partial charge in [0.25, 0.3) is 0 Å². The Bertz CT molecular complexity index is 462. The van der Waals surface area contributed by atoms with E-state index in [4.69, 9.17) is 16.3 Å². The van der Waals surface area contributed by atoms with Crippen LogP contribution in [0.2, 0.25) is 5.28 Å². The standard InChI is InChI=1S/C13H20ClN5O/c1-20-13-17-11(14)16-12(18-13)19(10-5-6-10)8-9-4-2-3-7-15-9/h9-10,15H,2-8H2,1H3. The number of rotatable bonds is 5. The van der Waals surface area contributed by atoms with Gasteiger partial charge >= 0.3 is 6.01 Å². The van der Waals surface area contributed by atoms with Crippen molar-refractivity contribution >= 4 is 17.5 Å². The topological polar surface area (TPSA) is 63.2 Å². The van der Waals surface area contributed by atoms with Crippen LogP contribution in [-0.2, 0) is 0 Å². The Balaban J connectivity index is 1.77. The first-order chi connectivity index (χ1) is 9.76. The highest BCUT2D eigenvalue weighted by molar-refractivity contribution is 6.28. The summed E-state index contributed by atoms with van der Waals surface area (Å²) in [5.41, 5.74) is 0. The van der Waals surface area contributed by atoms with Crippen molar-refractivity contribution in [2.75, 3.05) is 25.1 Å². The number of hydrogen-bond donors (Lipinski definition) is 1. The zero-order valence-corrected chi connectivity index (χ0v) is 12.4. The summed E-state index contributed by atoms with van der Waals surface area (Å²) in [7, 11) is 1.54. The number of anilines is 1. The van der Waals surface area contributed by atoms with E-state index in [-0.39, 0.29) is 11.3 Å². The molecule has 1 aliphatic heterocycles. The van der Waals surface area contributed by atoms with Gasteiger partial charge < -0.3 is 15.0 Å². The van der Waals surface area contributed by atoms with Gasteiger partial charge in [-0.1, -0.05) is 6.42 Å². The predicted octanol–water partition coefficient (Wildman–Crippen LogP) is 1.64. The zero-order chi connectivity index (χ0) is 13.9. The van der Waals surface area contributed by atoms with Gasteiger partial charge in [-0.15, -0.1) is 0 Å². The van der Waals surface area contributed by atoms with Crippen LogP contribution >= 0.6 is 11.6 Å². The Hall–Kier alpha value is -1.14. The fraction of sp³-hybridized carbons (Fsp3) is 0.769. The number of nitrogens with one attached hydrogen (secondary N) is 1. The maximum Gasteiger partial charge on any atom is 0.322 e. The van der Waals surface area contributed by atoms with Crippen LogP contribution < -0.4 is 15.0 Å². The molecule has 1 aromatic rings. The van der Waals surface area contributed by atoms with Crippen LogP contribution in [0, 0.1) is 0 Å². The van der Waals surface area contributed by atoms with Gasteiger partial charge in [0.2, 0.25) is 11.2 Å². The van der Waals surface area contributed by atoms with Crippen molar-refractivity contribution in [1.82, 2.24) is 20.3 Å². The third kappa shape index (κ3) is 3.30. The molecule has 0 spiro atoms. The number of nitrogens with zero attached hydrogens (tertiary/aromatic N) is 4. The highest BCUT2D eigenvalue weighted by Gasteiger charge is 2.33. The molecule has 0 aromatic carbocycles. The van der Waals surface area contributed by atoms with Crippen molar-refractivity contribution in [3.05, 3.63) is 5.28 Å². The van der Waals surface area contributed by atoms with E-state index >= 15 is 0 Å². The molecule has 0 amide bonds. The maximum absolute atomic E-state index is 5.96. The number of aromatic nitrogens is 3. The van der Waals surface area contributed by atoms with Crippen LogP contribution in [0.1, 0.15) is 32.1 Å². The van der Waals surface area contributed by atoms with Crippen molar-refractivity contribution in [2.24, 2.45) is 0 Å². The first-order valence-electron chi connectivity index (χ1n) is 7.22. The molecule has 1 unspecified atom stereocenters. The molecule has 2 heterocycles. The van der Waals surface area contributed by atoms with Crippen LogP contribution in [0.3, 0.4) is 0 Å². The van der Waals surface area contributed by atoms with Crippen LogP contribution in [0.15, 0.2) is 0 Å². The summed E-state index contributed by atoms with van der Waals surface area (Å²) in [4.78, 5) is 14.8. The number of halogens is 1. The minimum absolute atomic E-state index is 0.189. The second-order valence-electron chi connectivity index (χ2n) is 5.42. The molecule has 110 valence electrons. The highest BCUT2D eigenvalue weighted by Crippen LogP contribution is 2.31. The first-order valence-corrected chi connectivity index (χ1v) is 7.59. The fourth-order valence-electron chi connectivity index (χ4n) is 2.64. The summed E-state index contributed by atoms with van der Waals surface area (Å²) in [6.45, 7) is 2.03. The third-order valence-corrected chi connectivity index (χ3v) is 4.00. The lowest BCUT2D eigenvalue weighted by Crippen LogP contribution is -2.45. The molecule has 1 saturated carbocycles. The van der Waals surface area contributed by atoms with E-state index in [1.807, 2.05) is 0 Å². The van der Waals surface area contributed by atoms with Crippen molar-refractivity contribution in [3.63, 3.8) is 0 Å². The molecule has 1 N–H and O–H groups in total. The van der Waals surface area contributed by atoms with Gasteiger partial charge in [0.15, 0.2) is 0 Å². The smallest absolute Gasteiger partial charge is 0.322 e. The molecule has 1 aliphatic carbocycles. The number of hydrogen-bond acceptors (Lipinski definition) is 6. The van der Waals surface area contributed by atoms with E-state index in [1.165, 1.54) is 32.1 Å². The van der Waals surface area contributed by atoms with Crippen LogP contribution in [-0.4, -0.2) is 47.2 Å². The minimum Gasteiger partial charge on any atom is -0.467 e. The Kier molecular flexibility index (Phi) is 4.21. The molecule has 0 radical (unpaired) electrons. The Morgan fingerprint density at radius 3 is 2.75 bits per heavy atom. The van der Waals surface area contributed by atoms with Gasteiger partial charge in [-0.25, -0.2) is 0 Å². The second kappa shape index (κ2) is 6.10. The van der Waals surface area contributed by atoms with Crippen molar-refractivity contribution in [1.29, 1.82) is 0 Å². The number of ether oxygens (including phenoxy) is 1. The summed E-state index contributed by atoms with van der Waals surface area (Å²) < 4.78 is 5.09. The second-order valence-corrected chi connectivity index (χ2v) is 5.76. The lowest BCUT2D eigenvalue weighted by Gasteiger charge is -2.30. The van der Waals surface area contributed by atoms with E-state index < -0.39 is 0 Å². The van der Waals surface area contributed by atoms with Crippen LogP contribution in [0.4, 0.5) is 5.95 Å². The Morgan fingerprint density at radius 2 is 2.10 bits per heavy atom. The molecule has 7 heteroatoms. The summed E-state index contributed by atoms with van der Waals surface area (Å²) in [6, 6.07) is 1.31. The molecule has 1 aromatic heterocycles. The molecule has 1 saturated heterocycles. The average molecular weight is 298 g/mol. The van der Waals surface area contributed by atoms with E-state index in [1.54, 1.807) is 7.11 Å². The summed E-state index contributed by atoms with van der Waals surface area (Å²) in [5.74, 6) is 0.636. The first kappa shape index (κ1) is 13.8. The quantitative estimate of drug-likeness (QED) is 0.891. The van der Waals surface area contributed by atoms with E-state index in [0.717, 1.165) is 13.1 Å². The zero-order valence-electron chi connectivity index (χ0n) is 11.7. The molecule has 20 heavy (non-hydrogen) atoms. The van der Waals surface area contributed by atoms with E-state index in [0.29, 0.717) is 18.0 Å². The molecule has 2 fully saturated rings. The summed E-state index contributed by atoms with van der Waals surface area (Å²) >= 11 is 5.96. The van der Waals surface area contributed by atoms with Gasteiger partial charge in [-0.2, -0.15) is 15.0 Å². The van der Waals surface area contributed by atoms with Gasteiger partial charge in [0, 0.05) is 18.6 Å². The van der Waals surface area contributed by atoms with Gasteiger partial charge in [0.05, 0.1) is 7.11 Å². The van der Waals surface area contributed by atoms with Crippen LogP contribution in [0.25, 0.3) is 0 Å². The molecular weight excluding hydrogens is 278 g/mol. The highest BCUT2D eigenvalue weighted by atomic mass is 35.5.